The van der Waals surface area contributed by atoms with Crippen LogP contribution in [0, 0.1) is 0 Å². The normalized spacial score (nSPS) is 11.6. The quantitative estimate of drug-likeness (QED) is 0.368. The molecule has 0 radical (unpaired) electrons. The Morgan fingerprint density at radius 3 is 2.31 bits per heavy atom. The van der Waals surface area contributed by atoms with Crippen LogP contribution in [0.25, 0.3) is 0 Å². The lowest BCUT2D eigenvalue weighted by molar-refractivity contribution is -0.132. The number of benzene rings is 2. The summed E-state index contributed by atoms with van der Waals surface area (Å²) in [6, 6.07) is 19.9. The highest BCUT2D eigenvalue weighted by Gasteiger charge is 2.28. The molecule has 0 saturated heterocycles. The van der Waals surface area contributed by atoms with E-state index in [9.17, 15) is 13.2 Å². The molecule has 2 aromatic carbocycles. The Hall–Kier alpha value is -2.42. The maximum atomic E-state index is 13.3. The largest absolute Gasteiger partial charge is 0.467 e. The molecule has 0 fully saturated rings. The second-order valence-electron chi connectivity index (χ2n) is 7.42. The third kappa shape index (κ3) is 6.54. The van der Waals surface area contributed by atoms with E-state index >= 15 is 0 Å². The van der Waals surface area contributed by atoms with Crippen LogP contribution in [-0.4, -0.2) is 43.2 Å². The molecule has 0 spiro atoms. The molecule has 0 unspecified atom stereocenters. The highest BCUT2D eigenvalue weighted by molar-refractivity contribution is 9.10. The van der Waals surface area contributed by atoms with E-state index in [1.807, 2.05) is 43.3 Å². The Morgan fingerprint density at radius 2 is 1.69 bits per heavy atom. The molecular weight excluding hydrogens is 492 g/mol. The van der Waals surface area contributed by atoms with E-state index in [0.717, 1.165) is 10.0 Å². The minimum absolute atomic E-state index is 0.170. The monoisotopic (exact) mass is 518 g/mol. The zero-order valence-electron chi connectivity index (χ0n) is 18.0. The number of halogens is 1. The molecule has 0 aliphatic heterocycles. The molecule has 170 valence electrons. The van der Waals surface area contributed by atoms with Crippen molar-refractivity contribution >= 4 is 31.9 Å². The van der Waals surface area contributed by atoms with Crippen LogP contribution >= 0.6 is 15.9 Å². The molecule has 0 N–H and O–H groups in total. The lowest BCUT2D eigenvalue weighted by atomic mass is 10.1. The fourth-order valence-electron chi connectivity index (χ4n) is 3.33. The summed E-state index contributed by atoms with van der Waals surface area (Å²) in [4.78, 5) is 15.1. The van der Waals surface area contributed by atoms with Crippen LogP contribution in [0.15, 0.2) is 86.8 Å². The van der Waals surface area contributed by atoms with Crippen LogP contribution in [0.5, 0.6) is 0 Å². The molecule has 3 rings (SSSR count). The summed E-state index contributed by atoms with van der Waals surface area (Å²) in [5.74, 6) is 0.399. The first-order chi connectivity index (χ1) is 15.4. The van der Waals surface area contributed by atoms with Crippen molar-refractivity contribution in [1.82, 2.24) is 9.21 Å². The van der Waals surface area contributed by atoms with E-state index in [-0.39, 0.29) is 30.4 Å². The molecule has 8 heteroatoms. The third-order valence-electron chi connectivity index (χ3n) is 5.03. The summed E-state index contributed by atoms with van der Waals surface area (Å²) in [7, 11) is -3.80. The maximum absolute atomic E-state index is 13.3. The van der Waals surface area contributed by atoms with E-state index in [1.165, 1.54) is 4.31 Å². The lowest BCUT2D eigenvalue weighted by Gasteiger charge is -2.27. The van der Waals surface area contributed by atoms with Gasteiger partial charge in [-0.25, -0.2) is 8.42 Å². The van der Waals surface area contributed by atoms with Gasteiger partial charge >= 0.3 is 0 Å². The molecule has 1 amide bonds. The van der Waals surface area contributed by atoms with Gasteiger partial charge in [-0.1, -0.05) is 53.2 Å². The molecule has 0 saturated carbocycles. The van der Waals surface area contributed by atoms with Crippen molar-refractivity contribution in [3.8, 4) is 0 Å². The molecule has 0 atom stereocenters. The van der Waals surface area contributed by atoms with Gasteiger partial charge in [-0.15, -0.1) is 0 Å². The van der Waals surface area contributed by atoms with Gasteiger partial charge in [-0.3, -0.25) is 4.79 Å². The Morgan fingerprint density at radius 1 is 0.969 bits per heavy atom. The number of sulfonamides is 1. The fourth-order valence-corrected chi connectivity index (χ4v) is 5.08. The fraction of sp³-hybridized carbons (Fsp3) is 0.292. The topological polar surface area (TPSA) is 70.8 Å². The second kappa shape index (κ2) is 11.4. The van der Waals surface area contributed by atoms with E-state index in [2.05, 4.69) is 15.9 Å². The van der Waals surface area contributed by atoms with Gasteiger partial charge in [0.05, 0.1) is 24.2 Å². The van der Waals surface area contributed by atoms with Gasteiger partial charge < -0.3 is 9.32 Å². The zero-order chi connectivity index (χ0) is 23.0. The minimum atomic E-state index is -3.80. The Bertz CT molecular complexity index is 1080. The Labute approximate surface area is 198 Å². The van der Waals surface area contributed by atoms with E-state index in [1.54, 1.807) is 41.5 Å². The zero-order valence-corrected chi connectivity index (χ0v) is 20.4. The first kappa shape index (κ1) is 24.2. The van der Waals surface area contributed by atoms with Crippen molar-refractivity contribution in [1.29, 1.82) is 0 Å². The summed E-state index contributed by atoms with van der Waals surface area (Å²) in [6.45, 7) is 2.68. The van der Waals surface area contributed by atoms with Crippen LogP contribution in [0.4, 0.5) is 0 Å². The van der Waals surface area contributed by atoms with Crippen molar-refractivity contribution in [2.45, 2.75) is 31.2 Å². The predicted octanol–water partition coefficient (Wildman–Crippen LogP) is 4.71. The van der Waals surface area contributed by atoms with Crippen molar-refractivity contribution in [3.05, 3.63) is 88.8 Å². The number of carbonyl (C=O) groups excluding carboxylic acids is 1. The highest BCUT2D eigenvalue weighted by Crippen LogP contribution is 2.20. The van der Waals surface area contributed by atoms with Gasteiger partial charge in [0.1, 0.15) is 5.76 Å². The van der Waals surface area contributed by atoms with E-state index in [0.29, 0.717) is 25.1 Å². The van der Waals surface area contributed by atoms with E-state index < -0.39 is 10.0 Å². The standard InChI is InChI=1S/C24H27BrN2O4S/c1-2-15-27(32(29,30)23-12-10-21(25)11-13-23)19-24(28)26(18-22-9-6-17-31-22)16-14-20-7-4-3-5-8-20/h3-13,17H,2,14-16,18-19H2,1H3. The first-order valence-electron chi connectivity index (χ1n) is 10.5. The second-order valence-corrected chi connectivity index (χ2v) is 10.3. The predicted molar refractivity (Wildman–Crippen MR) is 127 cm³/mol. The lowest BCUT2D eigenvalue weighted by Crippen LogP contribution is -2.43. The summed E-state index contributed by atoms with van der Waals surface area (Å²) in [5.41, 5.74) is 1.11. The van der Waals surface area contributed by atoms with Gasteiger partial charge in [0.2, 0.25) is 15.9 Å². The molecule has 3 aromatic rings. The van der Waals surface area contributed by atoms with Crippen molar-refractivity contribution in [2.75, 3.05) is 19.6 Å². The number of furan rings is 1. The van der Waals surface area contributed by atoms with Crippen LogP contribution < -0.4 is 0 Å². The van der Waals surface area contributed by atoms with Crippen LogP contribution in [0.1, 0.15) is 24.7 Å². The van der Waals surface area contributed by atoms with Gasteiger partial charge in [-0.2, -0.15) is 4.31 Å². The van der Waals surface area contributed by atoms with Gasteiger partial charge in [-0.05, 0) is 54.8 Å². The molecule has 0 bridgehead atoms. The molecular formula is C24H27BrN2O4S. The van der Waals surface area contributed by atoms with Gasteiger partial charge in [0.15, 0.2) is 0 Å². The minimum Gasteiger partial charge on any atom is -0.467 e. The summed E-state index contributed by atoms with van der Waals surface area (Å²) in [6.07, 6.45) is 2.84. The third-order valence-corrected chi connectivity index (χ3v) is 7.42. The summed E-state index contributed by atoms with van der Waals surface area (Å²) >= 11 is 3.33. The molecule has 6 nitrogen and oxygen atoms in total. The first-order valence-corrected chi connectivity index (χ1v) is 12.7. The van der Waals surface area contributed by atoms with Crippen LogP contribution in [0.2, 0.25) is 0 Å². The summed E-state index contributed by atoms with van der Waals surface area (Å²) < 4.78 is 33.9. The van der Waals surface area contributed by atoms with Crippen molar-refractivity contribution in [2.24, 2.45) is 0 Å². The smallest absolute Gasteiger partial charge is 0.243 e. The van der Waals surface area contributed by atoms with E-state index in [4.69, 9.17) is 4.42 Å². The maximum Gasteiger partial charge on any atom is 0.243 e. The molecule has 1 aromatic heterocycles. The van der Waals surface area contributed by atoms with Gasteiger partial charge in [0.25, 0.3) is 0 Å². The average Bonchev–Trinajstić information content (AvgIpc) is 3.30. The molecule has 32 heavy (non-hydrogen) atoms. The number of hydrogen-bond acceptors (Lipinski definition) is 4. The number of hydrogen-bond donors (Lipinski definition) is 0. The number of amides is 1. The van der Waals surface area contributed by atoms with Crippen LogP contribution in [0.3, 0.4) is 0 Å². The highest BCUT2D eigenvalue weighted by atomic mass is 79.9. The number of carbonyl (C=O) groups is 1. The average molecular weight is 519 g/mol. The molecule has 1 heterocycles. The number of nitrogens with zero attached hydrogens (tertiary/aromatic N) is 2. The Kier molecular flexibility index (Phi) is 8.67. The van der Waals surface area contributed by atoms with Crippen molar-refractivity contribution in [3.63, 3.8) is 0 Å². The molecule has 0 aliphatic carbocycles. The number of rotatable bonds is 11. The Balaban J connectivity index is 1.78. The summed E-state index contributed by atoms with van der Waals surface area (Å²) in [5, 5.41) is 0. The van der Waals surface area contributed by atoms with Gasteiger partial charge in [0, 0.05) is 17.6 Å². The SMILES string of the molecule is CCCN(CC(=O)N(CCc1ccccc1)Cc1ccco1)S(=O)(=O)c1ccc(Br)cc1. The molecule has 0 aliphatic rings. The van der Waals surface area contributed by atoms with Crippen LogP contribution in [-0.2, 0) is 27.8 Å². The van der Waals surface area contributed by atoms with Crippen molar-refractivity contribution < 1.29 is 17.6 Å².